The highest BCUT2D eigenvalue weighted by molar-refractivity contribution is 6.52. The van der Waals surface area contributed by atoms with E-state index in [9.17, 15) is 0 Å². The summed E-state index contributed by atoms with van der Waals surface area (Å²) in [5.74, 6) is 2.78. The fourth-order valence-electron chi connectivity index (χ4n) is 1.47. The quantitative estimate of drug-likeness (QED) is 0.746. The van der Waals surface area contributed by atoms with Gasteiger partial charge in [-0.25, -0.2) is 0 Å². The second-order valence-corrected chi connectivity index (χ2v) is 4.63. The number of hydrogen-bond donors (Lipinski definition) is 0. The first-order valence-electron chi connectivity index (χ1n) is 5.64. The molecule has 0 N–H and O–H groups in total. The van der Waals surface area contributed by atoms with Crippen molar-refractivity contribution in [1.29, 1.82) is 0 Å². The molecule has 0 saturated heterocycles. The zero-order valence-corrected chi connectivity index (χ0v) is 11.6. The third-order valence-electron chi connectivity index (χ3n) is 2.29. The van der Waals surface area contributed by atoms with Crippen LogP contribution in [0.5, 0.6) is 11.5 Å². The van der Waals surface area contributed by atoms with Crippen molar-refractivity contribution >= 4 is 30.3 Å². The summed E-state index contributed by atoms with van der Waals surface area (Å²) < 4.78 is 11.2. The van der Waals surface area contributed by atoms with E-state index in [1.807, 2.05) is 0 Å². The highest BCUT2D eigenvalue weighted by Gasteiger charge is 2.18. The second kappa shape index (κ2) is 6.55. The first-order chi connectivity index (χ1) is 9.17. The zero-order valence-electron chi connectivity index (χ0n) is 10.1. The maximum absolute atomic E-state index is 5.89. The molecule has 0 fully saturated rings. The highest BCUT2D eigenvalue weighted by Crippen LogP contribution is 2.21. The Balaban J connectivity index is 2.06. The van der Waals surface area contributed by atoms with Crippen LogP contribution in [0.2, 0.25) is 10.0 Å². The van der Waals surface area contributed by atoms with E-state index in [-0.39, 0.29) is 0 Å². The Labute approximate surface area is 122 Å². The van der Waals surface area contributed by atoms with Gasteiger partial charge in [-0.05, 0) is 42.4 Å². The lowest BCUT2D eigenvalue weighted by Crippen LogP contribution is -2.27. The fraction of sp³-hybridized carbons (Fsp3) is 0. The molecule has 0 aromatic heterocycles. The molecule has 2 nitrogen and oxygen atoms in total. The van der Waals surface area contributed by atoms with E-state index in [0.29, 0.717) is 21.5 Å². The molecule has 0 aliphatic rings. The number of rotatable bonds is 5. The summed E-state index contributed by atoms with van der Waals surface area (Å²) in [6, 6.07) is 14.2. The van der Waals surface area contributed by atoms with Crippen LogP contribution in [-0.2, 0) is 0 Å². The van der Waals surface area contributed by atoms with E-state index in [0.717, 1.165) is 0 Å². The molecule has 0 atom stereocenters. The predicted molar refractivity (Wildman–Crippen MR) is 80.1 cm³/mol. The molecule has 2 aromatic carbocycles. The summed E-state index contributed by atoms with van der Waals surface area (Å²) in [5, 5.41) is 1.20. The topological polar surface area (TPSA) is 18.5 Å². The van der Waals surface area contributed by atoms with E-state index in [1.165, 1.54) is 0 Å². The standard InChI is InChI=1S/C14H11BCl2O2/c1-2-15(18-13-7-3-5-11(16)9-13)19-14-8-4-6-12(17)10-14/h2-10H,1H2. The zero-order chi connectivity index (χ0) is 13.7. The molecule has 0 amide bonds. The van der Waals surface area contributed by atoms with Gasteiger partial charge in [0.15, 0.2) is 0 Å². The Bertz CT molecular complexity index is 527. The van der Waals surface area contributed by atoms with Gasteiger partial charge in [0.1, 0.15) is 11.5 Å². The van der Waals surface area contributed by atoms with Crippen LogP contribution in [0.3, 0.4) is 0 Å². The molecule has 96 valence electrons. The van der Waals surface area contributed by atoms with Gasteiger partial charge in [-0.1, -0.05) is 35.3 Å². The van der Waals surface area contributed by atoms with Crippen molar-refractivity contribution in [2.24, 2.45) is 0 Å². The largest absolute Gasteiger partial charge is 0.624 e. The molecule has 0 aliphatic carbocycles. The number of hydrogen-bond acceptors (Lipinski definition) is 2. The summed E-state index contributed by atoms with van der Waals surface area (Å²) in [6.45, 7) is 3.68. The predicted octanol–water partition coefficient (Wildman–Crippen LogP) is 4.66. The molecule has 0 heterocycles. The van der Waals surface area contributed by atoms with Crippen LogP contribution in [-0.4, -0.2) is 7.12 Å². The van der Waals surface area contributed by atoms with Crippen LogP contribution in [0, 0.1) is 0 Å². The van der Waals surface area contributed by atoms with Gasteiger partial charge in [0, 0.05) is 10.0 Å². The SMILES string of the molecule is C=CB(Oc1cccc(Cl)c1)Oc1cccc(Cl)c1. The minimum Gasteiger partial charge on any atom is -0.522 e. The Morgan fingerprint density at radius 1 is 0.895 bits per heavy atom. The molecule has 0 spiro atoms. The Morgan fingerprint density at radius 2 is 1.37 bits per heavy atom. The van der Waals surface area contributed by atoms with E-state index in [1.54, 1.807) is 54.5 Å². The lowest BCUT2D eigenvalue weighted by molar-refractivity contribution is 0.438. The van der Waals surface area contributed by atoms with E-state index in [2.05, 4.69) is 6.58 Å². The maximum atomic E-state index is 5.89. The summed E-state index contributed by atoms with van der Waals surface area (Å²) in [6.07, 6.45) is 0. The average molecular weight is 293 g/mol. The second-order valence-electron chi connectivity index (χ2n) is 3.75. The van der Waals surface area contributed by atoms with E-state index < -0.39 is 7.12 Å². The van der Waals surface area contributed by atoms with Gasteiger partial charge in [0.05, 0.1) is 0 Å². The maximum Gasteiger partial charge on any atom is 0.624 e. The molecular formula is C14H11BCl2O2. The number of halogens is 2. The highest BCUT2D eigenvalue weighted by atomic mass is 35.5. The Morgan fingerprint density at radius 3 is 1.74 bits per heavy atom. The van der Waals surface area contributed by atoms with Gasteiger partial charge in [0.2, 0.25) is 0 Å². The van der Waals surface area contributed by atoms with Crippen molar-refractivity contribution in [3.8, 4) is 11.5 Å². The molecule has 2 aromatic rings. The Hall–Kier alpha value is -1.58. The molecule has 0 unspecified atom stereocenters. The van der Waals surface area contributed by atoms with Gasteiger partial charge in [-0.3, -0.25) is 0 Å². The normalized spacial score (nSPS) is 9.79. The number of benzene rings is 2. The molecule has 2 rings (SSSR count). The lowest BCUT2D eigenvalue weighted by Gasteiger charge is -2.14. The smallest absolute Gasteiger partial charge is 0.522 e. The molecule has 0 saturated carbocycles. The molecule has 5 heteroatoms. The average Bonchev–Trinajstić information content (AvgIpc) is 2.38. The van der Waals surface area contributed by atoms with Crippen molar-refractivity contribution in [2.45, 2.75) is 0 Å². The molecule has 0 aliphatic heterocycles. The van der Waals surface area contributed by atoms with E-state index in [4.69, 9.17) is 32.5 Å². The van der Waals surface area contributed by atoms with Crippen LogP contribution in [0.15, 0.2) is 61.1 Å². The third kappa shape index (κ3) is 4.23. The monoisotopic (exact) mass is 292 g/mol. The van der Waals surface area contributed by atoms with Crippen LogP contribution in [0.25, 0.3) is 0 Å². The van der Waals surface area contributed by atoms with Crippen LogP contribution in [0.4, 0.5) is 0 Å². The molecule has 0 radical (unpaired) electrons. The van der Waals surface area contributed by atoms with Gasteiger partial charge < -0.3 is 9.31 Å². The first kappa shape index (κ1) is 13.8. The van der Waals surface area contributed by atoms with E-state index >= 15 is 0 Å². The minimum atomic E-state index is -0.614. The lowest BCUT2D eigenvalue weighted by atomic mass is 9.90. The van der Waals surface area contributed by atoms with Crippen molar-refractivity contribution < 1.29 is 9.31 Å². The van der Waals surface area contributed by atoms with Crippen LogP contribution in [0.1, 0.15) is 0 Å². The van der Waals surface area contributed by atoms with Gasteiger partial charge >= 0.3 is 7.12 Å². The minimum absolute atomic E-state index is 0.600. The van der Waals surface area contributed by atoms with Gasteiger partial charge in [0.25, 0.3) is 0 Å². The van der Waals surface area contributed by atoms with Crippen LogP contribution >= 0.6 is 23.2 Å². The molecule has 19 heavy (non-hydrogen) atoms. The van der Waals surface area contributed by atoms with Crippen molar-refractivity contribution in [1.82, 2.24) is 0 Å². The van der Waals surface area contributed by atoms with Gasteiger partial charge in [-0.2, -0.15) is 0 Å². The summed E-state index contributed by atoms with van der Waals surface area (Å²) in [4.78, 5) is 0. The van der Waals surface area contributed by atoms with Crippen molar-refractivity contribution in [3.05, 3.63) is 71.1 Å². The summed E-state index contributed by atoms with van der Waals surface area (Å²) >= 11 is 11.8. The Kier molecular flexibility index (Phi) is 4.77. The molecular weight excluding hydrogens is 282 g/mol. The van der Waals surface area contributed by atoms with Crippen molar-refractivity contribution in [2.75, 3.05) is 0 Å². The van der Waals surface area contributed by atoms with Crippen LogP contribution < -0.4 is 9.31 Å². The fourth-order valence-corrected chi connectivity index (χ4v) is 1.83. The van der Waals surface area contributed by atoms with Gasteiger partial charge in [-0.15, -0.1) is 6.58 Å². The third-order valence-corrected chi connectivity index (χ3v) is 2.76. The van der Waals surface area contributed by atoms with Crippen molar-refractivity contribution in [3.63, 3.8) is 0 Å². The first-order valence-corrected chi connectivity index (χ1v) is 6.40. The summed E-state index contributed by atoms with van der Waals surface area (Å²) in [5.41, 5.74) is 0. The summed E-state index contributed by atoms with van der Waals surface area (Å²) in [7, 11) is -0.614. The molecule has 0 bridgehead atoms.